The zero-order valence-electron chi connectivity index (χ0n) is 24.2. The van der Waals surface area contributed by atoms with Crippen LogP contribution in [0.1, 0.15) is 11.1 Å². The van der Waals surface area contributed by atoms with Gasteiger partial charge in [0.25, 0.3) is 0 Å². The molecule has 0 saturated carbocycles. The predicted molar refractivity (Wildman–Crippen MR) is 172 cm³/mol. The van der Waals surface area contributed by atoms with E-state index in [-0.39, 0.29) is 43.3 Å². The van der Waals surface area contributed by atoms with Crippen LogP contribution in [0.25, 0.3) is 11.1 Å². The van der Waals surface area contributed by atoms with Crippen LogP contribution in [0.5, 0.6) is 11.9 Å². The van der Waals surface area contributed by atoms with E-state index in [9.17, 15) is 12.8 Å². The Hall–Kier alpha value is -4.37. The smallest absolute Gasteiger partial charge is 0.316 e. The summed E-state index contributed by atoms with van der Waals surface area (Å²) >= 11 is 7.57. The van der Waals surface area contributed by atoms with Crippen molar-refractivity contribution in [2.24, 2.45) is 0 Å². The maximum absolute atomic E-state index is 12.8. The molecule has 0 fully saturated rings. The molecule has 5 rings (SSSR count). The first kappa shape index (κ1) is 33.5. The Kier molecular flexibility index (Phi) is 12.4. The average Bonchev–Trinajstić information content (AvgIpc) is 3.05. The van der Waals surface area contributed by atoms with Crippen molar-refractivity contribution in [3.05, 3.63) is 114 Å². The van der Waals surface area contributed by atoms with Crippen molar-refractivity contribution in [2.75, 3.05) is 24.2 Å². The number of ether oxygens (including phenoxy) is 2. The molecule has 0 aliphatic heterocycles. The predicted octanol–water partition coefficient (Wildman–Crippen LogP) is 5.74. The van der Waals surface area contributed by atoms with Gasteiger partial charge >= 0.3 is 16.2 Å². The maximum Gasteiger partial charge on any atom is 0.316 e. The van der Waals surface area contributed by atoms with Gasteiger partial charge in [-0.1, -0.05) is 41.4 Å². The lowest BCUT2D eigenvalue weighted by Crippen LogP contribution is -2.30. The molecule has 11 nitrogen and oxygen atoms in total. The van der Waals surface area contributed by atoms with E-state index >= 15 is 0 Å². The van der Waals surface area contributed by atoms with E-state index in [1.54, 1.807) is 73.3 Å². The molecule has 0 bridgehead atoms. The number of nitrogens with zero attached hydrogens (tertiary/aromatic N) is 5. The lowest BCUT2D eigenvalue weighted by molar-refractivity contribution is 0.201. The number of hydrogen-bond acceptors (Lipinski definition) is 10. The zero-order valence-corrected chi connectivity index (χ0v) is 26.6. The molecular weight excluding hydrogens is 641 g/mol. The van der Waals surface area contributed by atoms with Crippen molar-refractivity contribution in [2.45, 2.75) is 18.4 Å². The zero-order chi connectivity index (χ0) is 32.1. The lowest BCUT2D eigenvalue weighted by Gasteiger charge is -2.16. The van der Waals surface area contributed by atoms with Crippen molar-refractivity contribution in [3.8, 4) is 23.0 Å². The molecule has 0 radical (unpaired) electrons. The standard InChI is InChI=1S/C23H22ClN7O4S2.C7H7F/c1-36-19-13-26-23(27-14-19)35-11-10-34-22-20(17-2-4-18(24)5-3-17)21(28-15-29-22)31-37(32,33)30-12-16-6-8-25-9-7-16;1-6-2-4-7(8)5-3-6/h2-9,13-15,30H,10-12H2,1H3,(H,28,29,31);2-5H,1H3. The highest BCUT2D eigenvalue weighted by molar-refractivity contribution is 7.98. The van der Waals surface area contributed by atoms with Crippen LogP contribution >= 0.6 is 23.4 Å². The maximum atomic E-state index is 12.8. The number of halogens is 2. The lowest BCUT2D eigenvalue weighted by atomic mass is 10.1. The molecule has 0 atom stereocenters. The van der Waals surface area contributed by atoms with Crippen molar-refractivity contribution in [1.29, 1.82) is 0 Å². The van der Waals surface area contributed by atoms with E-state index < -0.39 is 10.2 Å². The topological polar surface area (TPSA) is 141 Å². The fraction of sp³-hybridized carbons (Fsp3) is 0.167. The molecule has 2 N–H and O–H groups in total. The van der Waals surface area contributed by atoms with Crippen LogP contribution < -0.4 is 18.9 Å². The molecule has 0 saturated heterocycles. The quantitative estimate of drug-likeness (QED) is 0.125. The average molecular weight is 670 g/mol. The Morgan fingerprint density at radius 1 is 0.889 bits per heavy atom. The number of aromatic nitrogens is 5. The number of pyridine rings is 1. The third kappa shape index (κ3) is 10.9. The fourth-order valence-corrected chi connectivity index (χ4v) is 4.84. The summed E-state index contributed by atoms with van der Waals surface area (Å²) in [7, 11) is -3.99. The molecule has 0 aliphatic carbocycles. The molecule has 3 aromatic heterocycles. The highest BCUT2D eigenvalue weighted by Gasteiger charge is 2.20. The minimum atomic E-state index is -3.99. The SMILES string of the molecule is CSc1cnc(OCCOc2ncnc(NS(=O)(=O)NCc3ccncc3)c2-c2ccc(Cl)cc2)nc1.Cc1ccc(F)cc1. The molecule has 0 amide bonds. The van der Waals surface area contributed by atoms with Gasteiger partial charge in [-0.25, -0.2) is 24.3 Å². The van der Waals surface area contributed by atoms with E-state index in [1.807, 2.05) is 13.2 Å². The molecule has 15 heteroatoms. The third-order valence-corrected chi connectivity index (χ3v) is 7.72. The highest BCUT2D eigenvalue weighted by Crippen LogP contribution is 2.35. The van der Waals surface area contributed by atoms with Gasteiger partial charge in [0, 0.05) is 41.3 Å². The minimum Gasteiger partial charge on any atom is -0.473 e. The van der Waals surface area contributed by atoms with Gasteiger partial charge < -0.3 is 9.47 Å². The summed E-state index contributed by atoms with van der Waals surface area (Å²) in [4.78, 5) is 21.5. The van der Waals surface area contributed by atoms with Gasteiger partial charge in [0.05, 0.1) is 5.56 Å². The molecule has 0 aliphatic rings. The van der Waals surface area contributed by atoms with Gasteiger partial charge in [-0.2, -0.15) is 13.1 Å². The van der Waals surface area contributed by atoms with Gasteiger partial charge in [-0.05, 0) is 60.7 Å². The summed E-state index contributed by atoms with van der Waals surface area (Å²) in [6.07, 6.45) is 9.63. The largest absolute Gasteiger partial charge is 0.473 e. The number of nitrogens with one attached hydrogen (secondary N) is 2. The highest BCUT2D eigenvalue weighted by atomic mass is 35.5. The number of rotatable bonds is 12. The van der Waals surface area contributed by atoms with Crippen molar-refractivity contribution >= 4 is 39.4 Å². The summed E-state index contributed by atoms with van der Waals surface area (Å²) in [6.45, 7) is 2.23. The molecule has 2 aromatic carbocycles. The summed E-state index contributed by atoms with van der Waals surface area (Å²) in [6, 6.07) is 16.8. The Morgan fingerprint density at radius 3 is 2.20 bits per heavy atom. The molecule has 0 unspecified atom stereocenters. The Balaban J connectivity index is 0.000000501. The molecule has 0 spiro atoms. The third-order valence-electron chi connectivity index (χ3n) is 5.80. The van der Waals surface area contributed by atoms with Gasteiger partial charge in [0.1, 0.15) is 25.4 Å². The first-order valence-electron chi connectivity index (χ1n) is 13.3. The number of thioether (sulfide) groups is 1. The van der Waals surface area contributed by atoms with E-state index in [1.165, 1.54) is 30.2 Å². The van der Waals surface area contributed by atoms with Gasteiger partial charge in [0.15, 0.2) is 5.82 Å². The molecule has 3 heterocycles. The number of aryl methyl sites for hydroxylation is 1. The molecular formula is C30H29ClFN7O4S2. The second kappa shape index (κ2) is 16.6. The van der Waals surface area contributed by atoms with E-state index in [2.05, 4.69) is 34.4 Å². The second-order valence-electron chi connectivity index (χ2n) is 9.09. The Morgan fingerprint density at radius 2 is 1.56 bits per heavy atom. The Labute approximate surface area is 269 Å². The van der Waals surface area contributed by atoms with Crippen molar-refractivity contribution in [1.82, 2.24) is 29.6 Å². The summed E-state index contributed by atoms with van der Waals surface area (Å²) in [5.74, 6) is 0.0217. The van der Waals surface area contributed by atoms with Crippen LogP contribution in [0.2, 0.25) is 5.02 Å². The summed E-state index contributed by atoms with van der Waals surface area (Å²) in [5.41, 5.74) is 2.78. The van der Waals surface area contributed by atoms with Crippen LogP contribution in [0.3, 0.4) is 0 Å². The summed E-state index contributed by atoms with van der Waals surface area (Å²) in [5, 5.41) is 0.519. The van der Waals surface area contributed by atoms with Crippen LogP contribution in [-0.2, 0) is 16.8 Å². The van der Waals surface area contributed by atoms with Gasteiger partial charge in [0.2, 0.25) is 5.88 Å². The minimum absolute atomic E-state index is 0.0338. The van der Waals surface area contributed by atoms with Crippen LogP contribution in [0.4, 0.5) is 10.2 Å². The van der Waals surface area contributed by atoms with E-state index in [4.69, 9.17) is 21.1 Å². The van der Waals surface area contributed by atoms with E-state index in [0.717, 1.165) is 16.0 Å². The first-order valence-corrected chi connectivity index (χ1v) is 16.4. The van der Waals surface area contributed by atoms with Crippen LogP contribution in [-0.4, -0.2) is 52.8 Å². The summed E-state index contributed by atoms with van der Waals surface area (Å²) < 4.78 is 54.0. The first-order chi connectivity index (χ1) is 21.7. The number of benzene rings is 2. The van der Waals surface area contributed by atoms with Crippen molar-refractivity contribution < 1.29 is 22.3 Å². The fourth-order valence-electron chi connectivity index (χ4n) is 3.56. The van der Waals surface area contributed by atoms with Crippen molar-refractivity contribution in [3.63, 3.8) is 0 Å². The second-order valence-corrected chi connectivity index (χ2v) is 11.9. The van der Waals surface area contributed by atoms with Crippen LogP contribution in [0, 0.1) is 12.7 Å². The molecule has 234 valence electrons. The molecule has 45 heavy (non-hydrogen) atoms. The number of anilines is 1. The number of hydrogen-bond donors (Lipinski definition) is 2. The normalized spacial score (nSPS) is 10.8. The van der Waals surface area contributed by atoms with Gasteiger partial charge in [-0.3, -0.25) is 9.71 Å². The van der Waals surface area contributed by atoms with Crippen LogP contribution in [0.15, 0.2) is 96.7 Å². The van der Waals surface area contributed by atoms with Gasteiger partial charge in [-0.15, -0.1) is 11.8 Å². The monoisotopic (exact) mass is 669 g/mol. The Bertz CT molecular complexity index is 1730. The molecule has 5 aromatic rings. The van der Waals surface area contributed by atoms with E-state index in [0.29, 0.717) is 16.1 Å².